The quantitative estimate of drug-likeness (QED) is 0.768. The van der Waals surface area contributed by atoms with Crippen molar-refractivity contribution in [1.29, 1.82) is 0 Å². The Balaban J connectivity index is 1.81. The van der Waals surface area contributed by atoms with E-state index in [1.807, 2.05) is 0 Å². The van der Waals surface area contributed by atoms with Crippen LogP contribution in [0.4, 0.5) is 0 Å². The number of rotatable bonds is 2. The Morgan fingerprint density at radius 2 is 2.27 bits per heavy atom. The van der Waals surface area contributed by atoms with Gasteiger partial charge < -0.3 is 4.90 Å². The van der Waals surface area contributed by atoms with Crippen LogP contribution in [0.5, 0.6) is 0 Å². The van der Waals surface area contributed by atoms with Gasteiger partial charge in [-0.1, -0.05) is 13.8 Å². The van der Waals surface area contributed by atoms with Crippen molar-refractivity contribution >= 4 is 11.5 Å². The number of hydrogen-bond acceptors (Lipinski definition) is 4. The van der Waals surface area contributed by atoms with E-state index in [4.69, 9.17) is 4.98 Å². The molecule has 2 fully saturated rings. The largest absolute Gasteiger partial charge is 0.302 e. The smallest absolute Gasteiger partial charge is 0.145 e. The van der Waals surface area contributed by atoms with Gasteiger partial charge in [0.05, 0.1) is 0 Å². The first-order chi connectivity index (χ1) is 7.24. The highest BCUT2D eigenvalue weighted by molar-refractivity contribution is 7.05. The molecule has 2 aliphatic rings. The van der Waals surface area contributed by atoms with Crippen molar-refractivity contribution in [3.05, 3.63) is 10.8 Å². The molecule has 3 heterocycles. The van der Waals surface area contributed by atoms with Gasteiger partial charge in [-0.3, -0.25) is 0 Å². The van der Waals surface area contributed by atoms with Gasteiger partial charge in [-0.15, -0.1) is 0 Å². The van der Waals surface area contributed by atoms with Crippen LogP contribution in [0.25, 0.3) is 0 Å². The Morgan fingerprint density at radius 1 is 1.40 bits per heavy atom. The summed E-state index contributed by atoms with van der Waals surface area (Å²) in [6, 6.07) is 0. The number of aromatic nitrogens is 2. The molecule has 1 aromatic heterocycles. The van der Waals surface area contributed by atoms with Crippen LogP contribution in [0.15, 0.2) is 0 Å². The van der Waals surface area contributed by atoms with Crippen LogP contribution >= 0.6 is 11.5 Å². The number of piperidine rings is 1. The van der Waals surface area contributed by atoms with E-state index < -0.39 is 0 Å². The molecular formula is C11H17N3S. The molecule has 2 aliphatic heterocycles. The van der Waals surface area contributed by atoms with Crippen molar-refractivity contribution in [2.24, 2.45) is 5.92 Å². The lowest BCUT2D eigenvalue weighted by molar-refractivity contribution is 0.346. The molecule has 0 N–H and O–H groups in total. The number of hydrogen-bond donors (Lipinski definition) is 0. The molecule has 3 atom stereocenters. The average molecular weight is 223 g/mol. The third kappa shape index (κ3) is 1.60. The van der Waals surface area contributed by atoms with Crippen LogP contribution in [0.1, 0.15) is 42.9 Å². The van der Waals surface area contributed by atoms with Gasteiger partial charge >= 0.3 is 0 Å². The summed E-state index contributed by atoms with van der Waals surface area (Å²) >= 11 is 1.63. The third-order valence-electron chi connectivity index (χ3n) is 3.62. The van der Waals surface area contributed by atoms with Gasteiger partial charge in [0.15, 0.2) is 0 Å². The van der Waals surface area contributed by atoms with E-state index >= 15 is 0 Å². The average Bonchev–Trinajstić information content (AvgIpc) is 2.93. The van der Waals surface area contributed by atoms with Gasteiger partial charge in [0.25, 0.3) is 0 Å². The highest BCUT2D eigenvalue weighted by Crippen LogP contribution is 2.40. The fourth-order valence-corrected chi connectivity index (χ4v) is 3.67. The predicted octanol–water partition coefficient (Wildman–Crippen LogP) is 2.08. The van der Waals surface area contributed by atoms with E-state index in [-0.39, 0.29) is 0 Å². The summed E-state index contributed by atoms with van der Waals surface area (Å²) < 4.78 is 4.46. The summed E-state index contributed by atoms with van der Waals surface area (Å²) in [4.78, 5) is 7.25. The van der Waals surface area contributed by atoms with Gasteiger partial charge in [0.1, 0.15) is 10.8 Å². The van der Waals surface area contributed by atoms with Crippen molar-refractivity contribution in [2.45, 2.75) is 32.1 Å². The maximum atomic E-state index is 4.69. The molecule has 0 aliphatic carbocycles. The van der Waals surface area contributed by atoms with Crippen molar-refractivity contribution in [3.8, 4) is 0 Å². The lowest BCUT2D eigenvalue weighted by Gasteiger charge is -2.19. The van der Waals surface area contributed by atoms with E-state index in [0.29, 0.717) is 11.8 Å². The molecule has 0 spiro atoms. The fraction of sp³-hybridized carbons (Fsp3) is 0.818. The molecule has 1 aromatic rings. The van der Waals surface area contributed by atoms with Gasteiger partial charge in [-0.05, 0) is 30.4 Å². The summed E-state index contributed by atoms with van der Waals surface area (Å²) in [5.41, 5.74) is 0. The monoisotopic (exact) mass is 223 g/mol. The molecule has 4 heteroatoms. The summed E-state index contributed by atoms with van der Waals surface area (Å²) in [6.45, 7) is 8.14. The van der Waals surface area contributed by atoms with Crippen molar-refractivity contribution in [1.82, 2.24) is 14.3 Å². The molecule has 0 saturated carbocycles. The lowest BCUT2D eigenvalue weighted by atomic mass is 9.93. The van der Waals surface area contributed by atoms with Crippen molar-refractivity contribution in [3.63, 3.8) is 0 Å². The second-order valence-electron chi connectivity index (χ2n) is 5.06. The van der Waals surface area contributed by atoms with E-state index in [2.05, 4.69) is 23.1 Å². The maximum Gasteiger partial charge on any atom is 0.145 e. The van der Waals surface area contributed by atoms with E-state index in [9.17, 15) is 0 Å². The molecule has 3 rings (SSSR count). The molecule has 0 radical (unpaired) electrons. The first-order valence-corrected chi connectivity index (χ1v) is 6.57. The van der Waals surface area contributed by atoms with Gasteiger partial charge in [-0.2, -0.15) is 4.37 Å². The van der Waals surface area contributed by atoms with Crippen LogP contribution in [0.3, 0.4) is 0 Å². The molecule has 0 aromatic carbocycles. The van der Waals surface area contributed by atoms with E-state index in [0.717, 1.165) is 11.7 Å². The number of fused-ring (bicyclic) bond motifs is 2. The molecule has 0 amide bonds. The second kappa shape index (κ2) is 3.52. The minimum absolute atomic E-state index is 0.467. The first-order valence-electron chi connectivity index (χ1n) is 5.80. The molecule has 2 bridgehead atoms. The molecule has 3 nitrogen and oxygen atoms in total. The standard InChI is InChI=1S/C11H17N3S/c1-7(2)10-12-11(15-13-10)9-6-14-4-3-8(9)5-14/h7-9H,3-6H2,1-2H3/t8-,9+/m0/s1. The van der Waals surface area contributed by atoms with Gasteiger partial charge in [0.2, 0.25) is 0 Å². The lowest BCUT2D eigenvalue weighted by Crippen LogP contribution is -2.22. The van der Waals surface area contributed by atoms with Crippen LogP contribution in [-0.4, -0.2) is 33.9 Å². The highest BCUT2D eigenvalue weighted by atomic mass is 32.1. The highest BCUT2D eigenvalue weighted by Gasteiger charge is 2.40. The minimum Gasteiger partial charge on any atom is -0.302 e. The van der Waals surface area contributed by atoms with Crippen LogP contribution in [0.2, 0.25) is 0 Å². The Kier molecular flexibility index (Phi) is 2.29. The predicted molar refractivity (Wildman–Crippen MR) is 61.3 cm³/mol. The molecule has 1 unspecified atom stereocenters. The summed E-state index contributed by atoms with van der Waals surface area (Å²) in [5, 5.41) is 1.28. The zero-order valence-electron chi connectivity index (χ0n) is 9.31. The van der Waals surface area contributed by atoms with Crippen molar-refractivity contribution in [2.75, 3.05) is 19.6 Å². The van der Waals surface area contributed by atoms with Crippen LogP contribution in [-0.2, 0) is 0 Å². The normalized spacial score (nSPS) is 34.2. The van der Waals surface area contributed by atoms with Crippen LogP contribution < -0.4 is 0 Å². The third-order valence-corrected chi connectivity index (χ3v) is 4.48. The SMILES string of the molecule is CC(C)c1nsc([C@@H]2CN3CC[C@H]2C3)n1. The Morgan fingerprint density at radius 3 is 2.80 bits per heavy atom. The van der Waals surface area contributed by atoms with E-state index in [1.54, 1.807) is 11.5 Å². The van der Waals surface area contributed by atoms with Crippen LogP contribution in [0, 0.1) is 5.92 Å². The zero-order valence-corrected chi connectivity index (χ0v) is 10.1. The minimum atomic E-state index is 0.467. The second-order valence-corrected chi connectivity index (χ2v) is 5.84. The summed E-state index contributed by atoms with van der Waals surface area (Å²) in [6.07, 6.45) is 1.36. The Labute approximate surface area is 94.7 Å². The molecular weight excluding hydrogens is 206 g/mol. The topological polar surface area (TPSA) is 29.0 Å². The van der Waals surface area contributed by atoms with Gasteiger partial charge in [0, 0.05) is 24.9 Å². The van der Waals surface area contributed by atoms with E-state index in [1.165, 1.54) is 31.1 Å². The molecule has 2 saturated heterocycles. The van der Waals surface area contributed by atoms with Gasteiger partial charge in [-0.25, -0.2) is 4.98 Å². The maximum absolute atomic E-state index is 4.69. The Hall–Kier alpha value is -0.480. The first kappa shape index (κ1) is 9.73. The number of nitrogens with zero attached hydrogens (tertiary/aromatic N) is 3. The fourth-order valence-electron chi connectivity index (χ4n) is 2.70. The summed E-state index contributed by atoms with van der Waals surface area (Å²) in [7, 11) is 0. The molecule has 15 heavy (non-hydrogen) atoms. The zero-order chi connectivity index (χ0) is 10.4. The summed E-state index contributed by atoms with van der Waals surface area (Å²) in [5.74, 6) is 3.04. The molecule has 82 valence electrons. The van der Waals surface area contributed by atoms with Crippen molar-refractivity contribution < 1.29 is 0 Å². The Bertz CT molecular complexity index is 360.